The zero-order valence-corrected chi connectivity index (χ0v) is 11.3. The Balaban J connectivity index is 0.00000162. The Hall–Kier alpha value is -1.79. The molecule has 7 heteroatoms. The molecule has 2 aromatic heterocycles. The Morgan fingerprint density at radius 1 is 1.44 bits per heavy atom. The quantitative estimate of drug-likeness (QED) is 0.834. The molecule has 0 aromatic carbocycles. The number of rotatable bonds is 4. The summed E-state index contributed by atoms with van der Waals surface area (Å²) in [5.41, 5.74) is 4.35. The van der Waals surface area contributed by atoms with Crippen LogP contribution in [-0.4, -0.2) is 21.6 Å². The van der Waals surface area contributed by atoms with Crippen LogP contribution in [0.5, 0.6) is 0 Å². The van der Waals surface area contributed by atoms with E-state index in [2.05, 4.69) is 27.3 Å². The highest BCUT2D eigenvalue weighted by Crippen LogP contribution is 2.22. The van der Waals surface area contributed by atoms with Crippen LogP contribution >= 0.6 is 12.4 Å². The Bertz CT molecular complexity index is 566. The molecule has 2 aromatic rings. The van der Waals surface area contributed by atoms with Crippen molar-refractivity contribution in [3.05, 3.63) is 24.5 Å². The van der Waals surface area contributed by atoms with Crippen molar-refractivity contribution in [2.24, 2.45) is 7.05 Å². The van der Waals surface area contributed by atoms with Gasteiger partial charge in [-0.1, -0.05) is 6.58 Å². The van der Waals surface area contributed by atoms with Crippen LogP contribution in [0.4, 0.5) is 11.8 Å². The lowest BCUT2D eigenvalue weighted by Crippen LogP contribution is -2.06. The van der Waals surface area contributed by atoms with Crippen molar-refractivity contribution in [2.75, 3.05) is 17.9 Å². The molecule has 0 aliphatic rings. The van der Waals surface area contributed by atoms with E-state index in [9.17, 15) is 0 Å². The first-order valence-electron chi connectivity index (χ1n) is 5.16. The molecule has 0 atom stereocenters. The molecule has 0 saturated carbocycles. The Labute approximate surface area is 111 Å². The normalized spacial score (nSPS) is 9.94. The van der Waals surface area contributed by atoms with E-state index in [4.69, 9.17) is 4.84 Å². The maximum Gasteiger partial charge on any atom is 0.230 e. The molecule has 0 aliphatic heterocycles. The van der Waals surface area contributed by atoms with E-state index in [0.717, 1.165) is 16.7 Å². The summed E-state index contributed by atoms with van der Waals surface area (Å²) < 4.78 is 1.92. The van der Waals surface area contributed by atoms with Gasteiger partial charge in [0.1, 0.15) is 5.65 Å². The molecule has 0 saturated heterocycles. The second-order valence-electron chi connectivity index (χ2n) is 3.77. The highest BCUT2D eigenvalue weighted by atomic mass is 35.5. The summed E-state index contributed by atoms with van der Waals surface area (Å²) in [4.78, 5) is 13.6. The van der Waals surface area contributed by atoms with E-state index in [-0.39, 0.29) is 12.4 Å². The third kappa shape index (κ3) is 2.72. The second-order valence-corrected chi connectivity index (χ2v) is 3.77. The fourth-order valence-electron chi connectivity index (χ4n) is 1.56. The third-order valence-corrected chi connectivity index (χ3v) is 2.25. The molecule has 2 rings (SSSR count). The standard InChI is InChI=1S/C11H15N5O.ClH/c1-7(2)12-11-13-9(15-17-4)8-5-6-16(3)10(8)14-11;/h5-6H,1H2,2-4H3,(H2,12,13,14,15);1H. The summed E-state index contributed by atoms with van der Waals surface area (Å²) in [6.07, 6.45) is 1.92. The zero-order valence-electron chi connectivity index (χ0n) is 10.5. The Morgan fingerprint density at radius 2 is 2.17 bits per heavy atom. The van der Waals surface area contributed by atoms with E-state index in [1.807, 2.05) is 30.8 Å². The molecule has 98 valence electrons. The average molecular weight is 270 g/mol. The summed E-state index contributed by atoms with van der Waals surface area (Å²) in [5.74, 6) is 1.12. The molecule has 0 bridgehead atoms. The number of nitrogens with zero attached hydrogens (tertiary/aromatic N) is 3. The molecule has 0 fully saturated rings. The molecule has 2 N–H and O–H groups in total. The lowest BCUT2D eigenvalue weighted by atomic mass is 10.4. The number of halogens is 1. The number of fused-ring (bicyclic) bond motifs is 1. The SMILES string of the molecule is C=C(C)Nc1nc(NOC)c2ccn(C)c2n1.Cl. The van der Waals surface area contributed by atoms with Crippen molar-refractivity contribution in [1.82, 2.24) is 14.5 Å². The van der Waals surface area contributed by atoms with Gasteiger partial charge in [0, 0.05) is 18.9 Å². The molecule has 0 radical (unpaired) electrons. The van der Waals surface area contributed by atoms with Crippen LogP contribution in [0.3, 0.4) is 0 Å². The average Bonchev–Trinajstić information content (AvgIpc) is 2.60. The van der Waals surface area contributed by atoms with Gasteiger partial charge in [-0.25, -0.2) is 5.48 Å². The summed E-state index contributed by atoms with van der Waals surface area (Å²) in [6.45, 7) is 5.62. The summed E-state index contributed by atoms with van der Waals surface area (Å²) in [7, 11) is 3.47. The predicted octanol–water partition coefficient (Wildman–Crippen LogP) is 2.31. The monoisotopic (exact) mass is 269 g/mol. The van der Waals surface area contributed by atoms with Crippen molar-refractivity contribution in [3.63, 3.8) is 0 Å². The molecular formula is C11H16ClN5O. The predicted molar refractivity (Wildman–Crippen MR) is 74.8 cm³/mol. The first-order chi connectivity index (χ1) is 8.11. The van der Waals surface area contributed by atoms with E-state index in [0.29, 0.717) is 11.8 Å². The van der Waals surface area contributed by atoms with Crippen LogP contribution in [0.1, 0.15) is 6.92 Å². The summed E-state index contributed by atoms with van der Waals surface area (Å²) in [6, 6.07) is 1.93. The number of aromatic nitrogens is 3. The number of allylic oxidation sites excluding steroid dienone is 1. The molecule has 0 spiro atoms. The number of hydrogen-bond acceptors (Lipinski definition) is 5. The smallest absolute Gasteiger partial charge is 0.230 e. The highest BCUT2D eigenvalue weighted by molar-refractivity contribution is 5.88. The van der Waals surface area contributed by atoms with Crippen molar-refractivity contribution < 1.29 is 4.84 Å². The lowest BCUT2D eigenvalue weighted by molar-refractivity contribution is 0.270. The van der Waals surface area contributed by atoms with E-state index in [1.54, 1.807) is 7.11 Å². The summed E-state index contributed by atoms with van der Waals surface area (Å²) >= 11 is 0. The van der Waals surface area contributed by atoms with Crippen molar-refractivity contribution in [3.8, 4) is 0 Å². The van der Waals surface area contributed by atoms with E-state index >= 15 is 0 Å². The van der Waals surface area contributed by atoms with Gasteiger partial charge in [-0.2, -0.15) is 9.97 Å². The largest absolute Gasteiger partial charge is 0.335 e. The van der Waals surface area contributed by atoms with Gasteiger partial charge in [0.05, 0.1) is 12.5 Å². The highest BCUT2D eigenvalue weighted by Gasteiger charge is 2.10. The topological polar surface area (TPSA) is 64.0 Å². The molecule has 0 amide bonds. The van der Waals surface area contributed by atoms with Gasteiger partial charge in [-0.3, -0.25) is 4.84 Å². The van der Waals surface area contributed by atoms with Crippen LogP contribution in [0.25, 0.3) is 11.0 Å². The van der Waals surface area contributed by atoms with E-state index < -0.39 is 0 Å². The zero-order chi connectivity index (χ0) is 12.4. The fraction of sp³-hybridized carbons (Fsp3) is 0.273. The number of hydrogen-bond donors (Lipinski definition) is 2. The molecule has 0 aliphatic carbocycles. The van der Waals surface area contributed by atoms with Crippen molar-refractivity contribution >= 4 is 35.2 Å². The molecule has 18 heavy (non-hydrogen) atoms. The van der Waals surface area contributed by atoms with Crippen LogP contribution in [0, 0.1) is 0 Å². The van der Waals surface area contributed by atoms with Gasteiger partial charge >= 0.3 is 0 Å². The van der Waals surface area contributed by atoms with Gasteiger partial charge in [0.25, 0.3) is 0 Å². The van der Waals surface area contributed by atoms with Gasteiger partial charge in [0.15, 0.2) is 5.82 Å². The Morgan fingerprint density at radius 3 is 2.78 bits per heavy atom. The molecule has 0 unspecified atom stereocenters. The first kappa shape index (κ1) is 14.3. The van der Waals surface area contributed by atoms with Crippen molar-refractivity contribution in [1.29, 1.82) is 0 Å². The second kappa shape index (κ2) is 5.70. The molecule has 2 heterocycles. The Kier molecular flexibility index (Phi) is 4.52. The van der Waals surface area contributed by atoms with E-state index in [1.165, 1.54) is 0 Å². The van der Waals surface area contributed by atoms with Crippen LogP contribution in [-0.2, 0) is 11.9 Å². The summed E-state index contributed by atoms with van der Waals surface area (Å²) in [5, 5.41) is 3.89. The number of aryl methyl sites for hydroxylation is 1. The van der Waals surface area contributed by atoms with Gasteiger partial charge in [-0.05, 0) is 13.0 Å². The number of nitrogens with one attached hydrogen (secondary N) is 2. The van der Waals surface area contributed by atoms with Gasteiger partial charge < -0.3 is 9.88 Å². The molecular weight excluding hydrogens is 254 g/mol. The minimum atomic E-state index is 0. The van der Waals surface area contributed by atoms with Gasteiger partial charge in [0.2, 0.25) is 5.95 Å². The lowest BCUT2D eigenvalue weighted by Gasteiger charge is -2.08. The minimum Gasteiger partial charge on any atom is -0.335 e. The van der Waals surface area contributed by atoms with Gasteiger partial charge in [-0.15, -0.1) is 12.4 Å². The number of anilines is 2. The van der Waals surface area contributed by atoms with Crippen molar-refractivity contribution in [2.45, 2.75) is 6.92 Å². The maximum atomic E-state index is 4.91. The molecule has 6 nitrogen and oxygen atoms in total. The first-order valence-corrected chi connectivity index (χ1v) is 5.16. The fourth-order valence-corrected chi connectivity index (χ4v) is 1.56. The third-order valence-electron chi connectivity index (χ3n) is 2.25. The van der Waals surface area contributed by atoms with Crippen LogP contribution in [0.2, 0.25) is 0 Å². The van der Waals surface area contributed by atoms with Crippen LogP contribution in [0.15, 0.2) is 24.5 Å². The maximum absolute atomic E-state index is 4.91. The van der Waals surface area contributed by atoms with Crippen LogP contribution < -0.4 is 10.8 Å². The minimum absolute atomic E-state index is 0.